The summed E-state index contributed by atoms with van der Waals surface area (Å²) in [5.74, 6) is 0.343. The predicted molar refractivity (Wildman–Crippen MR) is 85.9 cm³/mol. The van der Waals surface area contributed by atoms with Crippen LogP contribution in [-0.4, -0.2) is 20.2 Å². The van der Waals surface area contributed by atoms with E-state index in [0.29, 0.717) is 24.7 Å². The van der Waals surface area contributed by atoms with Crippen molar-refractivity contribution in [2.75, 3.05) is 0 Å². The molecule has 2 nitrogen and oxygen atoms in total. The summed E-state index contributed by atoms with van der Waals surface area (Å²) in [7, 11) is -1.37. The Morgan fingerprint density at radius 3 is 2.21 bits per heavy atom. The summed E-state index contributed by atoms with van der Waals surface area (Å²) >= 11 is 0. The molecule has 1 aliphatic carbocycles. The highest BCUT2D eigenvalue weighted by molar-refractivity contribution is 6.69. The van der Waals surface area contributed by atoms with E-state index >= 15 is 0 Å². The Morgan fingerprint density at radius 1 is 1.32 bits per heavy atom. The van der Waals surface area contributed by atoms with Crippen LogP contribution in [0.3, 0.4) is 0 Å². The van der Waals surface area contributed by atoms with E-state index in [1.807, 2.05) is 18.2 Å². The van der Waals surface area contributed by atoms with Crippen molar-refractivity contribution in [1.82, 2.24) is 0 Å². The van der Waals surface area contributed by atoms with Gasteiger partial charge in [0.15, 0.2) is 8.32 Å². The summed E-state index contributed by atoms with van der Waals surface area (Å²) in [6.45, 7) is 12.7. The molecule has 1 rings (SSSR count). The Bertz CT molecular complexity index is 280. The van der Waals surface area contributed by atoms with E-state index in [2.05, 4.69) is 33.1 Å². The number of carbonyl (C=O) groups excluding carboxylic acids is 1. The van der Waals surface area contributed by atoms with Crippen molar-refractivity contribution in [2.45, 2.75) is 71.2 Å². The standard InChI is InChI=1S/C11H24OSi.C5H6O/c1-6-8-9-10-11(7-2)12-13(3,4)5;6-5-3-1-2-4-5/h7,11H,2,6,8-10H2,1,3-5H3;1-2H,3-4H2. The molecule has 0 N–H and O–H groups in total. The van der Waals surface area contributed by atoms with Crippen molar-refractivity contribution in [3.8, 4) is 0 Å². The first-order valence-corrected chi connectivity index (χ1v) is 10.8. The molecule has 19 heavy (non-hydrogen) atoms. The van der Waals surface area contributed by atoms with Crippen molar-refractivity contribution in [3.63, 3.8) is 0 Å². The van der Waals surface area contributed by atoms with Crippen LogP contribution in [0.5, 0.6) is 0 Å². The fourth-order valence-corrected chi connectivity index (χ4v) is 2.91. The van der Waals surface area contributed by atoms with E-state index in [1.54, 1.807) is 0 Å². The van der Waals surface area contributed by atoms with Crippen LogP contribution >= 0.6 is 0 Å². The first kappa shape index (κ1) is 18.3. The summed E-state index contributed by atoms with van der Waals surface area (Å²) in [5.41, 5.74) is 0. The number of rotatable bonds is 7. The molecule has 3 heteroatoms. The number of Topliss-reactive ketones (excluding diaryl/α,β-unsaturated/α-hetero) is 1. The Labute approximate surface area is 120 Å². The molecule has 0 heterocycles. The molecule has 0 aliphatic heterocycles. The van der Waals surface area contributed by atoms with Gasteiger partial charge in [0.2, 0.25) is 0 Å². The zero-order valence-electron chi connectivity index (χ0n) is 13.1. The third kappa shape index (κ3) is 12.1. The molecule has 1 atom stereocenters. The Kier molecular flexibility index (Phi) is 9.80. The summed E-state index contributed by atoms with van der Waals surface area (Å²) < 4.78 is 5.95. The smallest absolute Gasteiger partial charge is 0.184 e. The third-order valence-electron chi connectivity index (χ3n) is 2.72. The van der Waals surface area contributed by atoms with Crippen LogP contribution in [-0.2, 0) is 9.22 Å². The van der Waals surface area contributed by atoms with Gasteiger partial charge in [-0.2, -0.15) is 0 Å². The molecule has 0 aromatic rings. The Hall–Kier alpha value is -0.673. The van der Waals surface area contributed by atoms with Gasteiger partial charge >= 0.3 is 0 Å². The molecule has 110 valence electrons. The summed E-state index contributed by atoms with van der Waals surface area (Å²) in [6.07, 6.45) is 12.4. The van der Waals surface area contributed by atoms with Crippen LogP contribution in [0, 0.1) is 0 Å². The second kappa shape index (κ2) is 10.2. The summed E-state index contributed by atoms with van der Waals surface area (Å²) in [4.78, 5) is 10.2. The maximum absolute atomic E-state index is 10.2. The molecule has 0 aromatic heterocycles. The molecule has 0 amide bonds. The van der Waals surface area contributed by atoms with Gasteiger partial charge in [-0.15, -0.1) is 6.58 Å². The van der Waals surface area contributed by atoms with Gasteiger partial charge < -0.3 is 4.43 Å². The molecule has 0 saturated carbocycles. The van der Waals surface area contributed by atoms with Gasteiger partial charge in [-0.1, -0.05) is 44.4 Å². The molecular formula is C16H30O2Si. The van der Waals surface area contributed by atoms with Gasteiger partial charge in [-0.25, -0.2) is 0 Å². The minimum atomic E-state index is -1.37. The molecule has 0 radical (unpaired) electrons. The van der Waals surface area contributed by atoms with Crippen LogP contribution in [0.25, 0.3) is 0 Å². The minimum Gasteiger partial charge on any atom is -0.411 e. The van der Waals surface area contributed by atoms with Crippen LogP contribution in [0.15, 0.2) is 24.8 Å². The van der Waals surface area contributed by atoms with E-state index in [9.17, 15) is 4.79 Å². The normalized spacial score (nSPS) is 15.9. The predicted octanol–water partition coefficient (Wildman–Crippen LogP) is 4.88. The maximum Gasteiger partial charge on any atom is 0.184 e. The molecule has 1 aliphatic rings. The summed E-state index contributed by atoms with van der Waals surface area (Å²) in [5, 5.41) is 0. The van der Waals surface area contributed by atoms with Crippen molar-refractivity contribution >= 4 is 14.1 Å². The lowest BCUT2D eigenvalue weighted by atomic mass is 10.1. The van der Waals surface area contributed by atoms with Crippen molar-refractivity contribution in [3.05, 3.63) is 24.8 Å². The largest absolute Gasteiger partial charge is 0.411 e. The van der Waals surface area contributed by atoms with Gasteiger partial charge in [0, 0.05) is 12.8 Å². The van der Waals surface area contributed by atoms with Crippen LogP contribution in [0.1, 0.15) is 45.4 Å². The van der Waals surface area contributed by atoms with E-state index in [0.717, 1.165) is 6.42 Å². The fourth-order valence-electron chi connectivity index (χ4n) is 1.79. The fraction of sp³-hybridized carbons (Fsp3) is 0.688. The average Bonchev–Trinajstić information content (AvgIpc) is 2.78. The Morgan fingerprint density at radius 2 is 1.89 bits per heavy atom. The molecule has 0 fully saturated rings. The van der Waals surface area contributed by atoms with Gasteiger partial charge in [0.1, 0.15) is 5.78 Å². The van der Waals surface area contributed by atoms with Gasteiger partial charge in [0.25, 0.3) is 0 Å². The number of unbranched alkanes of at least 4 members (excludes halogenated alkanes) is 2. The van der Waals surface area contributed by atoms with Gasteiger partial charge in [0.05, 0.1) is 6.10 Å². The van der Waals surface area contributed by atoms with E-state index in [1.165, 1.54) is 19.3 Å². The third-order valence-corrected chi connectivity index (χ3v) is 3.73. The minimum absolute atomic E-state index is 0.290. The lowest BCUT2D eigenvalue weighted by molar-refractivity contribution is -0.116. The zero-order chi connectivity index (χ0) is 14.7. The van der Waals surface area contributed by atoms with Crippen molar-refractivity contribution in [2.24, 2.45) is 0 Å². The summed E-state index contributed by atoms with van der Waals surface area (Å²) in [6, 6.07) is 0. The van der Waals surface area contributed by atoms with Crippen molar-refractivity contribution in [1.29, 1.82) is 0 Å². The maximum atomic E-state index is 10.2. The Balaban J connectivity index is 0.000000443. The number of hydrogen-bond acceptors (Lipinski definition) is 2. The molecule has 0 spiro atoms. The highest BCUT2D eigenvalue weighted by Crippen LogP contribution is 2.13. The van der Waals surface area contributed by atoms with E-state index in [4.69, 9.17) is 4.43 Å². The number of allylic oxidation sites excluding steroid dienone is 2. The zero-order valence-corrected chi connectivity index (χ0v) is 14.1. The average molecular weight is 282 g/mol. The monoisotopic (exact) mass is 282 g/mol. The highest BCUT2D eigenvalue weighted by atomic mass is 28.4. The van der Waals surface area contributed by atoms with Gasteiger partial charge in [-0.3, -0.25) is 4.79 Å². The molecule has 0 bridgehead atoms. The molecule has 1 unspecified atom stereocenters. The quantitative estimate of drug-likeness (QED) is 0.378. The second-order valence-electron chi connectivity index (χ2n) is 5.92. The number of hydrogen-bond donors (Lipinski definition) is 0. The lowest BCUT2D eigenvalue weighted by Crippen LogP contribution is -2.30. The SMILES string of the molecule is C=CC(CCCCC)O[Si](C)(C)C.O=C1CC=CC1. The lowest BCUT2D eigenvalue weighted by Gasteiger charge is -2.23. The number of carbonyl (C=O) groups is 1. The topological polar surface area (TPSA) is 26.3 Å². The molecular weight excluding hydrogens is 252 g/mol. The second-order valence-corrected chi connectivity index (χ2v) is 10.4. The van der Waals surface area contributed by atoms with Gasteiger partial charge in [-0.05, 0) is 26.1 Å². The van der Waals surface area contributed by atoms with Crippen LogP contribution in [0.2, 0.25) is 19.6 Å². The first-order chi connectivity index (χ1) is 8.89. The van der Waals surface area contributed by atoms with E-state index in [-0.39, 0.29) is 0 Å². The first-order valence-electron chi connectivity index (χ1n) is 7.36. The number of ketones is 1. The molecule has 0 saturated heterocycles. The molecule has 0 aromatic carbocycles. The highest BCUT2D eigenvalue weighted by Gasteiger charge is 2.18. The van der Waals surface area contributed by atoms with Crippen molar-refractivity contribution < 1.29 is 9.22 Å². The van der Waals surface area contributed by atoms with Crippen LogP contribution in [0.4, 0.5) is 0 Å². The van der Waals surface area contributed by atoms with Crippen LogP contribution < -0.4 is 0 Å². The van der Waals surface area contributed by atoms with E-state index < -0.39 is 8.32 Å².